The SMILES string of the molecule is C1CCC(CCNCCCNC2CC2)CC1. The lowest BCUT2D eigenvalue weighted by molar-refractivity contribution is 0.334. The molecule has 0 amide bonds. The minimum Gasteiger partial charge on any atom is -0.317 e. The molecular formula is C14H28N2. The fraction of sp³-hybridized carbons (Fsp3) is 1.00. The monoisotopic (exact) mass is 224 g/mol. The largest absolute Gasteiger partial charge is 0.317 e. The summed E-state index contributed by atoms with van der Waals surface area (Å²) in [7, 11) is 0. The zero-order valence-electron chi connectivity index (χ0n) is 10.6. The summed E-state index contributed by atoms with van der Waals surface area (Å²) < 4.78 is 0. The number of hydrogen-bond acceptors (Lipinski definition) is 2. The summed E-state index contributed by atoms with van der Waals surface area (Å²) >= 11 is 0. The van der Waals surface area contributed by atoms with Gasteiger partial charge in [0, 0.05) is 6.04 Å². The van der Waals surface area contributed by atoms with Gasteiger partial charge in [0.25, 0.3) is 0 Å². The Morgan fingerprint density at radius 2 is 1.62 bits per heavy atom. The Bertz CT molecular complexity index is 172. The third kappa shape index (κ3) is 5.31. The summed E-state index contributed by atoms with van der Waals surface area (Å²) in [6.07, 6.45) is 13.0. The van der Waals surface area contributed by atoms with Crippen LogP contribution in [0, 0.1) is 5.92 Å². The van der Waals surface area contributed by atoms with Crippen molar-refractivity contribution in [2.45, 2.75) is 63.8 Å². The summed E-state index contributed by atoms with van der Waals surface area (Å²) in [6, 6.07) is 0.877. The highest BCUT2D eigenvalue weighted by Crippen LogP contribution is 2.25. The lowest BCUT2D eigenvalue weighted by atomic mass is 9.87. The Labute approximate surface area is 101 Å². The van der Waals surface area contributed by atoms with E-state index in [9.17, 15) is 0 Å². The molecule has 2 aliphatic rings. The van der Waals surface area contributed by atoms with Gasteiger partial charge < -0.3 is 10.6 Å². The van der Waals surface area contributed by atoms with Crippen molar-refractivity contribution in [1.82, 2.24) is 10.6 Å². The Kier molecular flexibility index (Phi) is 5.64. The van der Waals surface area contributed by atoms with Gasteiger partial charge in [0.1, 0.15) is 0 Å². The number of nitrogens with one attached hydrogen (secondary N) is 2. The van der Waals surface area contributed by atoms with Gasteiger partial charge in [-0.05, 0) is 51.2 Å². The van der Waals surface area contributed by atoms with E-state index in [1.165, 1.54) is 77.4 Å². The quantitative estimate of drug-likeness (QED) is 0.619. The van der Waals surface area contributed by atoms with E-state index >= 15 is 0 Å². The lowest BCUT2D eigenvalue weighted by Gasteiger charge is -2.21. The first-order chi connectivity index (χ1) is 7.95. The van der Waals surface area contributed by atoms with Crippen molar-refractivity contribution in [3.05, 3.63) is 0 Å². The van der Waals surface area contributed by atoms with Gasteiger partial charge in [-0.1, -0.05) is 32.1 Å². The van der Waals surface area contributed by atoms with Crippen LogP contribution >= 0.6 is 0 Å². The molecule has 0 bridgehead atoms. The fourth-order valence-electron chi connectivity index (χ4n) is 2.71. The molecule has 94 valence electrons. The van der Waals surface area contributed by atoms with Gasteiger partial charge in [0.05, 0.1) is 0 Å². The van der Waals surface area contributed by atoms with E-state index in [0.29, 0.717) is 0 Å². The summed E-state index contributed by atoms with van der Waals surface area (Å²) in [5.74, 6) is 1.03. The molecule has 0 aromatic carbocycles. The number of rotatable bonds is 8. The van der Waals surface area contributed by atoms with Crippen molar-refractivity contribution in [1.29, 1.82) is 0 Å². The third-order valence-electron chi connectivity index (χ3n) is 3.99. The molecule has 2 rings (SSSR count). The summed E-state index contributed by atoms with van der Waals surface area (Å²) in [5.41, 5.74) is 0. The molecule has 0 unspecified atom stereocenters. The Hall–Kier alpha value is -0.0800. The molecule has 2 N–H and O–H groups in total. The Morgan fingerprint density at radius 3 is 2.38 bits per heavy atom. The van der Waals surface area contributed by atoms with Crippen LogP contribution in [-0.4, -0.2) is 25.7 Å². The molecule has 0 heterocycles. The molecule has 0 saturated heterocycles. The van der Waals surface area contributed by atoms with Crippen LogP contribution in [0.3, 0.4) is 0 Å². The highest BCUT2D eigenvalue weighted by Gasteiger charge is 2.19. The predicted octanol–water partition coefficient (Wildman–Crippen LogP) is 2.69. The van der Waals surface area contributed by atoms with Crippen LogP contribution in [0.15, 0.2) is 0 Å². The Balaban J connectivity index is 1.33. The lowest BCUT2D eigenvalue weighted by Crippen LogP contribution is -2.25. The molecule has 2 saturated carbocycles. The number of hydrogen-bond donors (Lipinski definition) is 2. The molecule has 2 fully saturated rings. The highest BCUT2D eigenvalue weighted by atomic mass is 14.9. The molecular weight excluding hydrogens is 196 g/mol. The van der Waals surface area contributed by atoms with Gasteiger partial charge in [-0.25, -0.2) is 0 Å². The second-order valence-electron chi connectivity index (χ2n) is 5.62. The van der Waals surface area contributed by atoms with E-state index in [-0.39, 0.29) is 0 Å². The normalized spacial score (nSPS) is 22.5. The van der Waals surface area contributed by atoms with Gasteiger partial charge >= 0.3 is 0 Å². The van der Waals surface area contributed by atoms with Crippen LogP contribution in [0.4, 0.5) is 0 Å². The molecule has 2 heteroatoms. The Morgan fingerprint density at radius 1 is 0.812 bits per heavy atom. The second kappa shape index (κ2) is 7.29. The van der Waals surface area contributed by atoms with Gasteiger partial charge in [0.15, 0.2) is 0 Å². The van der Waals surface area contributed by atoms with E-state index in [1.807, 2.05) is 0 Å². The summed E-state index contributed by atoms with van der Waals surface area (Å²) in [6.45, 7) is 3.65. The average Bonchev–Trinajstić information content (AvgIpc) is 3.13. The molecule has 16 heavy (non-hydrogen) atoms. The van der Waals surface area contributed by atoms with Crippen molar-refractivity contribution in [3.63, 3.8) is 0 Å². The van der Waals surface area contributed by atoms with Crippen LogP contribution in [0.25, 0.3) is 0 Å². The minimum atomic E-state index is 0.877. The second-order valence-corrected chi connectivity index (χ2v) is 5.62. The van der Waals surface area contributed by atoms with Crippen molar-refractivity contribution < 1.29 is 0 Å². The first-order valence-electron chi connectivity index (χ1n) is 7.39. The molecule has 0 aliphatic heterocycles. The first-order valence-corrected chi connectivity index (χ1v) is 7.39. The molecule has 2 nitrogen and oxygen atoms in total. The zero-order valence-corrected chi connectivity index (χ0v) is 10.6. The van der Waals surface area contributed by atoms with Gasteiger partial charge in [-0.2, -0.15) is 0 Å². The topological polar surface area (TPSA) is 24.1 Å². The van der Waals surface area contributed by atoms with Gasteiger partial charge in [-0.15, -0.1) is 0 Å². The maximum absolute atomic E-state index is 3.59. The van der Waals surface area contributed by atoms with Crippen LogP contribution in [-0.2, 0) is 0 Å². The van der Waals surface area contributed by atoms with E-state index in [1.54, 1.807) is 0 Å². The third-order valence-corrected chi connectivity index (χ3v) is 3.99. The molecule has 2 aliphatic carbocycles. The highest BCUT2D eigenvalue weighted by molar-refractivity contribution is 4.80. The summed E-state index contributed by atoms with van der Waals surface area (Å²) in [4.78, 5) is 0. The minimum absolute atomic E-state index is 0.877. The van der Waals surface area contributed by atoms with Crippen molar-refractivity contribution >= 4 is 0 Å². The standard InChI is InChI=1S/C14H28N2/c1-2-5-13(6-3-1)9-12-15-10-4-11-16-14-7-8-14/h13-16H,1-12H2. The fourth-order valence-corrected chi connectivity index (χ4v) is 2.71. The van der Waals surface area contributed by atoms with Crippen molar-refractivity contribution in [2.24, 2.45) is 5.92 Å². The van der Waals surface area contributed by atoms with Gasteiger partial charge in [0.2, 0.25) is 0 Å². The zero-order chi connectivity index (χ0) is 11.1. The summed E-state index contributed by atoms with van der Waals surface area (Å²) in [5, 5.41) is 7.14. The van der Waals surface area contributed by atoms with Crippen LogP contribution in [0.2, 0.25) is 0 Å². The molecule has 0 atom stereocenters. The smallest absolute Gasteiger partial charge is 0.00682 e. The predicted molar refractivity (Wildman–Crippen MR) is 69.7 cm³/mol. The van der Waals surface area contributed by atoms with Crippen molar-refractivity contribution in [3.8, 4) is 0 Å². The maximum atomic E-state index is 3.59. The van der Waals surface area contributed by atoms with Crippen LogP contribution < -0.4 is 10.6 Å². The molecule has 0 aromatic heterocycles. The van der Waals surface area contributed by atoms with E-state index in [0.717, 1.165) is 12.0 Å². The molecule has 0 spiro atoms. The van der Waals surface area contributed by atoms with Crippen LogP contribution in [0.1, 0.15) is 57.8 Å². The van der Waals surface area contributed by atoms with Crippen LogP contribution in [0.5, 0.6) is 0 Å². The van der Waals surface area contributed by atoms with E-state index < -0.39 is 0 Å². The first kappa shape index (κ1) is 12.4. The maximum Gasteiger partial charge on any atom is 0.00682 e. The van der Waals surface area contributed by atoms with E-state index in [2.05, 4.69) is 10.6 Å². The molecule has 0 radical (unpaired) electrons. The average molecular weight is 224 g/mol. The van der Waals surface area contributed by atoms with Gasteiger partial charge in [-0.3, -0.25) is 0 Å². The molecule has 0 aromatic rings. The van der Waals surface area contributed by atoms with Crippen molar-refractivity contribution in [2.75, 3.05) is 19.6 Å². The van der Waals surface area contributed by atoms with E-state index in [4.69, 9.17) is 0 Å².